The molecule has 16 rings (SSSR count). The number of carbonyl (C=O) groups is 3. The molecule has 39 heteroatoms. The molecule has 0 unspecified atom stereocenters. The molecular formula is C63H44BrClF7N9O21. The van der Waals surface area contributed by atoms with Crippen molar-refractivity contribution in [3.05, 3.63) is 167 Å². The molecule has 0 atom stereocenters. The highest BCUT2D eigenvalue weighted by Crippen LogP contribution is 2.44. The number of benzene rings is 7. The van der Waals surface area contributed by atoms with Gasteiger partial charge in [-0.1, -0.05) is 17.7 Å². The van der Waals surface area contributed by atoms with Crippen molar-refractivity contribution < 1.29 is 122 Å². The van der Waals surface area contributed by atoms with E-state index in [-0.39, 0.29) is 142 Å². The highest BCUT2D eigenvalue weighted by Gasteiger charge is 2.34. The number of anilines is 3. The minimum absolute atomic E-state index is 0.0151. The zero-order chi connectivity index (χ0) is 72.6. The van der Waals surface area contributed by atoms with Crippen LogP contribution in [0.1, 0.15) is 31.1 Å². The topological polar surface area (TPSA) is 401 Å². The van der Waals surface area contributed by atoms with Crippen LogP contribution >= 0.6 is 27.5 Å². The van der Waals surface area contributed by atoms with Gasteiger partial charge in [0.15, 0.2) is 115 Å². The third-order valence-corrected chi connectivity index (χ3v) is 15.2. The largest absolute Gasteiger partial charge is 0.486 e. The normalized spacial score (nSPS) is 13.6. The van der Waals surface area contributed by atoms with Gasteiger partial charge in [-0.2, -0.15) is 0 Å². The van der Waals surface area contributed by atoms with Crippen LogP contribution in [0, 0.1) is 50.8 Å². The second-order valence-corrected chi connectivity index (χ2v) is 21.8. The van der Waals surface area contributed by atoms with Gasteiger partial charge < -0.3 is 88.2 Å². The van der Waals surface area contributed by atoms with Crippen LogP contribution in [-0.4, -0.2) is 147 Å². The number of aromatic nitrogens is 6. The lowest BCUT2D eigenvalue weighted by atomic mass is 10.1. The van der Waals surface area contributed by atoms with Crippen molar-refractivity contribution in [1.82, 2.24) is 29.9 Å². The molecule has 6 aliphatic rings. The maximum atomic E-state index is 14.9. The average Bonchev–Trinajstić information content (AvgIpc) is 0.789. The van der Waals surface area contributed by atoms with Crippen LogP contribution in [0.3, 0.4) is 0 Å². The number of carboxylic acids is 3. The number of rotatable bonds is 6. The van der Waals surface area contributed by atoms with Gasteiger partial charge in [0.2, 0.25) is 0 Å². The number of hydrogen-bond acceptors (Lipinski definition) is 25. The molecule has 10 aromatic rings. The summed E-state index contributed by atoms with van der Waals surface area (Å²) in [5.74, 6) is -9.39. The maximum Gasteiger partial charge on any atom is 0.345 e. The van der Waals surface area contributed by atoms with E-state index in [4.69, 9.17) is 89.5 Å². The first kappa shape index (κ1) is 71.0. The zero-order valence-corrected chi connectivity index (χ0v) is 53.7. The van der Waals surface area contributed by atoms with Gasteiger partial charge >= 0.3 is 17.9 Å². The first-order valence-electron chi connectivity index (χ1n) is 29.2. The Hall–Kier alpha value is -12.4. The van der Waals surface area contributed by atoms with Crippen LogP contribution in [0.5, 0.6) is 69.0 Å². The molecule has 0 spiro atoms. The molecule has 7 aromatic carbocycles. The van der Waals surface area contributed by atoms with E-state index in [1.54, 1.807) is 24.3 Å². The molecular weight excluding hydrogens is 1470 g/mol. The van der Waals surface area contributed by atoms with Gasteiger partial charge in [0.05, 0.1) is 66.1 Å². The van der Waals surface area contributed by atoms with Crippen molar-refractivity contribution in [2.24, 2.45) is 0 Å². The van der Waals surface area contributed by atoms with Crippen molar-refractivity contribution in [3.63, 3.8) is 0 Å². The van der Waals surface area contributed by atoms with E-state index < -0.39 is 97.2 Å². The predicted octanol–water partition coefficient (Wildman–Crippen LogP) is 10.6. The van der Waals surface area contributed by atoms with Crippen LogP contribution in [-0.2, 0) is 0 Å². The van der Waals surface area contributed by atoms with E-state index in [2.05, 4.69) is 51.2 Å². The molecule has 0 fully saturated rings. The number of nitrogens with one attached hydrogen (secondary N) is 2. The number of fused-ring (bicyclic) bond motifs is 9. The molecule has 30 nitrogen and oxygen atoms in total. The van der Waals surface area contributed by atoms with Gasteiger partial charge in [0.25, 0.3) is 11.2 Å². The van der Waals surface area contributed by atoms with Crippen LogP contribution in [0.4, 0.5) is 53.6 Å². The molecule has 6 aliphatic heterocycles. The fraction of sp³-hybridized carbons (Fsp3) is 0.190. The summed E-state index contributed by atoms with van der Waals surface area (Å²) < 4.78 is 160. The Bertz CT molecular complexity index is 5070. The van der Waals surface area contributed by atoms with E-state index in [1.807, 2.05) is 0 Å². The minimum Gasteiger partial charge on any atom is -0.486 e. The number of nitrogen functional groups attached to an aromatic ring is 1. The van der Waals surface area contributed by atoms with Gasteiger partial charge in [-0.3, -0.25) is 14.9 Å². The van der Waals surface area contributed by atoms with Crippen LogP contribution in [0.25, 0.3) is 32.7 Å². The molecule has 3 aromatic heterocycles. The van der Waals surface area contributed by atoms with Crippen LogP contribution in [0.2, 0.25) is 5.15 Å². The summed E-state index contributed by atoms with van der Waals surface area (Å²) in [5.41, 5.74) is 2.97. The highest BCUT2D eigenvalue weighted by atomic mass is 79.9. The molecule has 0 aliphatic carbocycles. The van der Waals surface area contributed by atoms with Crippen molar-refractivity contribution in [2.45, 2.75) is 0 Å². The number of nitro benzene ring substituents is 1. The third-order valence-electron chi connectivity index (χ3n) is 14.3. The third kappa shape index (κ3) is 14.8. The summed E-state index contributed by atoms with van der Waals surface area (Å²) >= 11 is 8.93. The van der Waals surface area contributed by atoms with E-state index in [0.29, 0.717) is 60.0 Å². The maximum absolute atomic E-state index is 14.9. The number of nitro groups is 1. The number of hydrogen-bond donors (Lipinski definition) is 6. The summed E-state index contributed by atoms with van der Waals surface area (Å²) in [6.07, 6.45) is 3.77. The number of nitrogens with zero attached hydrogens (tertiary/aromatic N) is 6. The molecule has 0 saturated heterocycles. The predicted molar refractivity (Wildman–Crippen MR) is 341 cm³/mol. The standard InChI is InChI=1S/C16H10BrF2N3O2.C10H6ClFN2O2.C10H7FN2O3.C9H6FNO6.C9H8FNO4.C9H7FO4/c17-8-2-1-3-9(13(8)18)22-16-12-10(20-7-21-16)6-11-15(14(12)19)24-5-4-23-11;11-10-7-5(13-4-14-10)3-6-9(8(7)12)16-2-1-15-6;11-8-7-5(12-4-13-10(7)14)3-6-9(8)16-2-1-15-6;10-7-6(9(12)13)4(11(14)15)3-5-8(7)17-2-1-16-5;10-7-6(9(12)13)4(11)3-5-8(7)15-2-1-14-5;10-7-5(9(11)12)1-2-6-8(7)14-4-3-13-6/h1-3,6-7H,4-5H2,(H,20,21,22);3-4H,1-2H2;3-4H,1-2H2,(H,12,13,14);3H,1-2H2,(H,12,13);3H,1-2,11H2,(H,12,13);1-2H,3-4H2,(H,11,12). The quantitative estimate of drug-likeness (QED) is 0.0296. The van der Waals surface area contributed by atoms with Crippen molar-refractivity contribution in [2.75, 3.05) is 90.3 Å². The molecule has 7 N–H and O–H groups in total. The Morgan fingerprint density at radius 3 is 1.43 bits per heavy atom. The van der Waals surface area contributed by atoms with Gasteiger partial charge in [-0.05, 0) is 40.2 Å². The summed E-state index contributed by atoms with van der Waals surface area (Å²) in [6.45, 7) is 3.18. The molecule has 0 bridgehead atoms. The highest BCUT2D eigenvalue weighted by molar-refractivity contribution is 9.10. The first-order chi connectivity index (χ1) is 49.0. The number of halogens is 9. The molecule has 530 valence electrons. The van der Waals surface area contributed by atoms with Crippen molar-refractivity contribution >= 4 is 101 Å². The number of aromatic carboxylic acids is 3. The average molecular weight is 1510 g/mol. The summed E-state index contributed by atoms with van der Waals surface area (Å²) in [5, 5.41) is 39.8. The lowest BCUT2D eigenvalue weighted by Gasteiger charge is -2.20. The SMILES string of the molecule is Fc1c(Br)cccc1Nc1ncnc2cc3c(c(F)c12)OCCO3.Fc1c2c(cc3ncnc(Cl)c13)OCCO2.Nc1cc2c(c(F)c1C(=O)O)OCCO2.O=C(O)c1c([N+](=O)[O-])cc2c(c1F)OCCO2.O=C(O)c1ccc2c(c1F)OCCO2.O=c1[nH]cnc2cc3c(c(F)c12)OCCO3. The van der Waals surface area contributed by atoms with Crippen LogP contribution < -0.4 is 73.5 Å². The molecule has 0 saturated carbocycles. The van der Waals surface area contributed by atoms with Gasteiger partial charge in [0, 0.05) is 24.3 Å². The monoisotopic (exact) mass is 1510 g/mol. The Balaban J connectivity index is 0.000000124. The number of ether oxygens (including phenoxy) is 12. The van der Waals surface area contributed by atoms with Gasteiger partial charge in [-0.15, -0.1) is 0 Å². The fourth-order valence-corrected chi connectivity index (χ4v) is 10.5. The molecule has 9 heterocycles. The zero-order valence-electron chi connectivity index (χ0n) is 51.3. The van der Waals surface area contributed by atoms with Gasteiger partial charge in [-0.25, -0.2) is 70.0 Å². The lowest BCUT2D eigenvalue weighted by molar-refractivity contribution is -0.385. The summed E-state index contributed by atoms with van der Waals surface area (Å²) in [4.78, 5) is 75.2. The summed E-state index contributed by atoms with van der Waals surface area (Å²) in [7, 11) is 0. The van der Waals surface area contributed by atoms with E-state index >= 15 is 0 Å². The summed E-state index contributed by atoms with van der Waals surface area (Å²) in [6, 6.07) is 14.1. The Labute approximate surface area is 577 Å². The van der Waals surface area contributed by atoms with Crippen LogP contribution in [0.15, 0.2) is 88.9 Å². The Kier molecular flexibility index (Phi) is 21.4. The molecule has 0 amide bonds. The Morgan fingerprint density at radius 1 is 0.500 bits per heavy atom. The second kappa shape index (κ2) is 30.8. The van der Waals surface area contributed by atoms with Crippen molar-refractivity contribution in [1.29, 1.82) is 0 Å². The van der Waals surface area contributed by atoms with E-state index in [1.165, 1.54) is 43.2 Å². The number of carboxylic acid groups (broad SMARTS) is 3. The number of H-pyrrole nitrogens is 1. The van der Waals surface area contributed by atoms with Crippen molar-refractivity contribution in [3.8, 4) is 69.0 Å². The number of aromatic amines is 1. The lowest BCUT2D eigenvalue weighted by Crippen LogP contribution is -2.18. The smallest absolute Gasteiger partial charge is 0.345 e. The number of nitrogens with two attached hydrogens (primary N) is 1. The fourth-order valence-electron chi connectivity index (χ4n) is 9.93. The van der Waals surface area contributed by atoms with E-state index in [9.17, 15) is 60.0 Å². The van der Waals surface area contributed by atoms with E-state index in [0.717, 1.165) is 12.1 Å². The minimum atomic E-state index is -1.73. The molecule has 0 radical (unpaired) electrons. The Morgan fingerprint density at radius 2 is 0.922 bits per heavy atom. The second-order valence-electron chi connectivity index (χ2n) is 20.6. The van der Waals surface area contributed by atoms with Gasteiger partial charge in [0.1, 0.15) is 114 Å². The molecule has 102 heavy (non-hydrogen) atoms. The first-order valence-corrected chi connectivity index (χ1v) is 30.4.